The Balaban J connectivity index is 1.78. The second kappa shape index (κ2) is 6.98. The van der Waals surface area contributed by atoms with Crippen molar-refractivity contribution in [3.8, 4) is 0 Å². The van der Waals surface area contributed by atoms with Crippen LogP contribution in [0.3, 0.4) is 0 Å². The van der Waals surface area contributed by atoms with E-state index in [1.165, 1.54) is 29.5 Å². The summed E-state index contributed by atoms with van der Waals surface area (Å²) in [4.78, 5) is 0. The maximum absolute atomic E-state index is 4.40. The molecule has 2 aromatic heterocycles. The zero-order chi connectivity index (χ0) is 15.2. The summed E-state index contributed by atoms with van der Waals surface area (Å²) in [6.45, 7) is 2.22. The van der Waals surface area contributed by atoms with Gasteiger partial charge in [0.25, 0.3) is 0 Å². The van der Waals surface area contributed by atoms with Crippen LogP contribution in [0.1, 0.15) is 44.2 Å². The molecule has 3 aromatic rings. The lowest BCUT2D eigenvalue weighted by Gasteiger charge is -2.19. The van der Waals surface area contributed by atoms with Gasteiger partial charge in [0.2, 0.25) is 0 Å². The van der Waals surface area contributed by atoms with E-state index in [-0.39, 0.29) is 6.04 Å². The number of rotatable bonds is 7. The van der Waals surface area contributed by atoms with Crippen LogP contribution < -0.4 is 5.32 Å². The van der Waals surface area contributed by atoms with Crippen molar-refractivity contribution in [3.05, 3.63) is 48.0 Å². The van der Waals surface area contributed by atoms with Gasteiger partial charge in [-0.05, 0) is 34.5 Å². The fourth-order valence-electron chi connectivity index (χ4n) is 2.51. The molecule has 0 fully saturated rings. The van der Waals surface area contributed by atoms with E-state index in [1.54, 1.807) is 0 Å². The molecule has 0 radical (unpaired) electrons. The van der Waals surface area contributed by atoms with Crippen LogP contribution in [0.5, 0.6) is 0 Å². The molecule has 0 aliphatic rings. The van der Waals surface area contributed by atoms with E-state index in [0.717, 1.165) is 12.2 Å². The predicted molar refractivity (Wildman–Crippen MR) is 85.5 cm³/mol. The van der Waals surface area contributed by atoms with Crippen molar-refractivity contribution in [3.63, 3.8) is 0 Å². The van der Waals surface area contributed by atoms with Gasteiger partial charge >= 0.3 is 0 Å². The van der Waals surface area contributed by atoms with Gasteiger partial charge in [0, 0.05) is 0 Å². The van der Waals surface area contributed by atoms with Crippen LogP contribution >= 0.6 is 0 Å². The maximum Gasteiger partial charge on any atom is 0.200 e. The van der Waals surface area contributed by atoms with Gasteiger partial charge in [-0.15, -0.1) is 14.8 Å². The number of benzene rings is 1. The highest BCUT2D eigenvalue weighted by Gasteiger charge is 2.12. The molecule has 0 bridgehead atoms. The molecule has 0 amide bonds. The summed E-state index contributed by atoms with van der Waals surface area (Å²) in [7, 11) is 0. The molecule has 1 N–H and O–H groups in total. The average molecular weight is 296 g/mol. The minimum Gasteiger partial charge on any atom is -0.362 e. The topological polar surface area (TPSA) is 68.0 Å². The third kappa shape index (κ3) is 3.39. The van der Waals surface area contributed by atoms with Crippen LogP contribution in [0.15, 0.2) is 42.5 Å². The van der Waals surface area contributed by atoms with Gasteiger partial charge in [-0.2, -0.15) is 0 Å². The van der Waals surface area contributed by atoms with E-state index >= 15 is 0 Å². The molecular weight excluding hydrogens is 276 g/mol. The fourth-order valence-corrected chi connectivity index (χ4v) is 2.51. The zero-order valence-corrected chi connectivity index (χ0v) is 12.7. The van der Waals surface area contributed by atoms with E-state index in [2.05, 4.69) is 57.1 Å². The van der Waals surface area contributed by atoms with Gasteiger partial charge in [0.15, 0.2) is 5.65 Å². The van der Waals surface area contributed by atoms with E-state index < -0.39 is 0 Å². The Morgan fingerprint density at radius 2 is 1.95 bits per heavy atom. The first-order chi connectivity index (χ1) is 10.9. The van der Waals surface area contributed by atoms with E-state index in [9.17, 15) is 0 Å². The first kappa shape index (κ1) is 14.4. The molecule has 0 aliphatic heterocycles. The molecule has 0 spiro atoms. The summed E-state index contributed by atoms with van der Waals surface area (Å²) in [5.74, 6) is 0.783. The van der Waals surface area contributed by atoms with Gasteiger partial charge in [-0.25, -0.2) is 0 Å². The molecule has 0 saturated carbocycles. The molecule has 3 rings (SSSR count). The smallest absolute Gasteiger partial charge is 0.200 e. The normalized spacial score (nSPS) is 12.4. The van der Waals surface area contributed by atoms with E-state index in [4.69, 9.17) is 0 Å². The molecule has 1 aromatic carbocycles. The molecular formula is C16H20N6. The Morgan fingerprint density at radius 1 is 1.09 bits per heavy atom. The van der Waals surface area contributed by atoms with Gasteiger partial charge in [0.1, 0.15) is 5.82 Å². The number of aromatic nitrogens is 5. The second-order valence-corrected chi connectivity index (χ2v) is 5.35. The van der Waals surface area contributed by atoms with Gasteiger partial charge in [0.05, 0.1) is 6.04 Å². The van der Waals surface area contributed by atoms with Gasteiger partial charge in [-0.1, -0.05) is 56.5 Å². The molecule has 6 heteroatoms. The molecule has 1 atom stereocenters. The lowest BCUT2D eigenvalue weighted by Crippen LogP contribution is -2.13. The highest BCUT2D eigenvalue weighted by Crippen LogP contribution is 2.24. The minimum atomic E-state index is 0.245. The van der Waals surface area contributed by atoms with Crippen LogP contribution in [-0.4, -0.2) is 25.3 Å². The summed E-state index contributed by atoms with van der Waals surface area (Å²) < 4.78 is 1.44. The van der Waals surface area contributed by atoms with Crippen molar-refractivity contribution in [2.45, 2.75) is 38.6 Å². The number of hydrogen-bond acceptors (Lipinski definition) is 5. The van der Waals surface area contributed by atoms with Crippen molar-refractivity contribution < 1.29 is 0 Å². The van der Waals surface area contributed by atoms with Crippen LogP contribution in [0.25, 0.3) is 5.65 Å². The van der Waals surface area contributed by atoms with Crippen molar-refractivity contribution in [1.29, 1.82) is 0 Å². The number of anilines is 1. The summed E-state index contributed by atoms with van der Waals surface area (Å²) >= 11 is 0. The number of hydrogen-bond donors (Lipinski definition) is 1. The maximum atomic E-state index is 4.40. The molecule has 6 nitrogen and oxygen atoms in total. The highest BCUT2D eigenvalue weighted by molar-refractivity contribution is 5.43. The first-order valence-electron chi connectivity index (χ1n) is 7.73. The lowest BCUT2D eigenvalue weighted by molar-refractivity contribution is 0.602. The fraction of sp³-hybridized carbons (Fsp3) is 0.375. The number of nitrogens with one attached hydrogen (secondary N) is 1. The van der Waals surface area contributed by atoms with Crippen LogP contribution in [0.4, 0.5) is 5.82 Å². The van der Waals surface area contributed by atoms with Crippen LogP contribution in [-0.2, 0) is 0 Å². The summed E-state index contributed by atoms with van der Waals surface area (Å²) in [6.07, 6.45) is 4.73. The minimum absolute atomic E-state index is 0.245. The quantitative estimate of drug-likeness (QED) is 0.678. The lowest BCUT2D eigenvalue weighted by atomic mass is 10.0. The van der Waals surface area contributed by atoms with Crippen LogP contribution in [0.2, 0.25) is 0 Å². The van der Waals surface area contributed by atoms with Crippen molar-refractivity contribution in [1.82, 2.24) is 25.3 Å². The van der Waals surface area contributed by atoms with E-state index in [1.807, 2.05) is 18.2 Å². The Bertz CT molecular complexity index is 709. The monoisotopic (exact) mass is 296 g/mol. The van der Waals surface area contributed by atoms with Crippen molar-refractivity contribution in [2.24, 2.45) is 0 Å². The molecule has 22 heavy (non-hydrogen) atoms. The van der Waals surface area contributed by atoms with E-state index in [0.29, 0.717) is 5.65 Å². The predicted octanol–water partition coefficient (Wildman–Crippen LogP) is 3.25. The Morgan fingerprint density at radius 3 is 2.77 bits per heavy atom. The molecule has 0 aliphatic carbocycles. The second-order valence-electron chi connectivity index (χ2n) is 5.35. The van der Waals surface area contributed by atoms with Gasteiger partial charge in [-0.3, -0.25) is 0 Å². The Kier molecular flexibility index (Phi) is 4.58. The summed E-state index contributed by atoms with van der Waals surface area (Å²) in [5.41, 5.74) is 1.92. The molecule has 2 heterocycles. The standard InChI is InChI=1S/C16H20N6/c1-2-3-5-10-14(13-8-6-4-7-9-13)17-15-11-12-16-18-20-21-22(16)19-15/h4,6-9,11-12,14H,2-3,5,10H2,1H3,(H,17,19). The SMILES string of the molecule is CCCCCC(Nc1ccc2nnnn2n1)c1ccccc1. The van der Waals surface area contributed by atoms with Crippen LogP contribution in [0, 0.1) is 0 Å². The van der Waals surface area contributed by atoms with Gasteiger partial charge < -0.3 is 5.32 Å². The number of nitrogens with zero attached hydrogens (tertiary/aromatic N) is 5. The molecule has 0 saturated heterocycles. The molecule has 114 valence electrons. The van der Waals surface area contributed by atoms with Crippen molar-refractivity contribution in [2.75, 3.05) is 5.32 Å². The Hall–Kier alpha value is -2.50. The largest absolute Gasteiger partial charge is 0.362 e. The third-order valence-corrected chi connectivity index (χ3v) is 3.69. The Labute approximate surface area is 129 Å². The first-order valence-corrected chi connectivity index (χ1v) is 7.73. The third-order valence-electron chi connectivity index (χ3n) is 3.69. The highest BCUT2D eigenvalue weighted by atomic mass is 15.6. The zero-order valence-electron chi connectivity index (χ0n) is 12.7. The van der Waals surface area contributed by atoms with Crippen molar-refractivity contribution >= 4 is 11.5 Å². The average Bonchev–Trinajstić information content (AvgIpc) is 3.02. The summed E-state index contributed by atoms with van der Waals surface area (Å²) in [5, 5.41) is 19.2. The number of fused-ring (bicyclic) bond motifs is 1. The summed E-state index contributed by atoms with van der Waals surface area (Å²) in [6, 6.07) is 14.5. The molecule has 1 unspecified atom stereocenters. The number of unbranched alkanes of at least 4 members (excludes halogenated alkanes) is 2. The number of tetrazole rings is 1.